The first-order valence-electron chi connectivity index (χ1n) is 5.75. The molecule has 0 aromatic heterocycles. The minimum atomic E-state index is -0.564. The minimum absolute atomic E-state index is 0.0332. The summed E-state index contributed by atoms with van der Waals surface area (Å²) in [6.07, 6.45) is 0.548. The van der Waals surface area contributed by atoms with E-state index in [1.807, 2.05) is 13.8 Å². The van der Waals surface area contributed by atoms with E-state index < -0.39 is 10.7 Å². The summed E-state index contributed by atoms with van der Waals surface area (Å²) in [6.45, 7) is 4.26. The number of halogens is 2. The van der Waals surface area contributed by atoms with Crippen LogP contribution < -0.4 is 5.32 Å². The predicted octanol–water partition coefficient (Wildman–Crippen LogP) is 3.32. The van der Waals surface area contributed by atoms with Gasteiger partial charge in [-0.2, -0.15) is 0 Å². The summed E-state index contributed by atoms with van der Waals surface area (Å²) in [5.74, 6) is -0.562. The molecule has 7 heteroatoms. The van der Waals surface area contributed by atoms with E-state index >= 15 is 0 Å². The number of hydrogen-bond donors (Lipinski definition) is 2. The number of nitrogens with one attached hydrogen (secondary N) is 1. The standard InChI is InChI=1S/C12H16BrFN2O3/c1-12(2,3-4-17)7-15-10-6-9(14)8(13)5-11(10)16(18)19/h5-6,15,17H,3-4,7H2,1-2H3. The largest absolute Gasteiger partial charge is 0.396 e. The summed E-state index contributed by atoms with van der Waals surface area (Å²) in [5.41, 5.74) is -0.295. The molecule has 0 radical (unpaired) electrons. The molecule has 0 heterocycles. The number of nitrogens with zero attached hydrogens (tertiary/aromatic N) is 1. The van der Waals surface area contributed by atoms with Gasteiger partial charge in [0.1, 0.15) is 11.5 Å². The van der Waals surface area contributed by atoms with Crippen LogP contribution in [0.5, 0.6) is 0 Å². The molecule has 1 aromatic rings. The zero-order valence-electron chi connectivity index (χ0n) is 10.7. The number of aliphatic hydroxyl groups excluding tert-OH is 1. The monoisotopic (exact) mass is 334 g/mol. The van der Waals surface area contributed by atoms with E-state index in [4.69, 9.17) is 5.11 Å². The summed E-state index contributed by atoms with van der Waals surface area (Å²) in [7, 11) is 0. The Balaban J connectivity index is 2.94. The van der Waals surface area contributed by atoms with Crippen molar-refractivity contribution in [1.29, 1.82) is 0 Å². The lowest BCUT2D eigenvalue weighted by atomic mass is 9.89. The van der Waals surface area contributed by atoms with Gasteiger partial charge in [0.05, 0.1) is 9.40 Å². The van der Waals surface area contributed by atoms with Gasteiger partial charge in [0.2, 0.25) is 0 Å². The minimum Gasteiger partial charge on any atom is -0.396 e. The van der Waals surface area contributed by atoms with Crippen LogP contribution in [-0.2, 0) is 0 Å². The van der Waals surface area contributed by atoms with Crippen molar-refractivity contribution in [2.24, 2.45) is 5.41 Å². The Kier molecular flexibility index (Phi) is 5.25. The van der Waals surface area contributed by atoms with E-state index in [0.717, 1.165) is 12.1 Å². The molecule has 0 bridgehead atoms. The highest BCUT2D eigenvalue weighted by Gasteiger charge is 2.21. The third-order valence-corrected chi connectivity index (χ3v) is 3.39. The molecule has 1 aromatic carbocycles. The maximum absolute atomic E-state index is 13.4. The van der Waals surface area contributed by atoms with E-state index in [1.165, 1.54) is 0 Å². The topological polar surface area (TPSA) is 75.4 Å². The molecule has 1 rings (SSSR count). The zero-order chi connectivity index (χ0) is 14.6. The van der Waals surface area contributed by atoms with Crippen LogP contribution in [0, 0.1) is 21.3 Å². The molecule has 0 saturated carbocycles. The first-order chi connectivity index (χ1) is 8.76. The smallest absolute Gasteiger partial charge is 0.293 e. The van der Waals surface area contributed by atoms with Gasteiger partial charge in [-0.15, -0.1) is 0 Å². The van der Waals surface area contributed by atoms with Crippen molar-refractivity contribution in [3.05, 3.63) is 32.5 Å². The van der Waals surface area contributed by atoms with E-state index in [0.29, 0.717) is 13.0 Å². The lowest BCUT2D eigenvalue weighted by Crippen LogP contribution is -2.24. The van der Waals surface area contributed by atoms with Gasteiger partial charge in [0.25, 0.3) is 5.69 Å². The number of nitro groups is 1. The van der Waals surface area contributed by atoms with Crippen LogP contribution in [0.4, 0.5) is 15.8 Å². The van der Waals surface area contributed by atoms with Gasteiger partial charge < -0.3 is 10.4 Å². The predicted molar refractivity (Wildman–Crippen MR) is 74.7 cm³/mol. The third-order valence-electron chi connectivity index (χ3n) is 2.78. The number of hydrogen-bond acceptors (Lipinski definition) is 4. The van der Waals surface area contributed by atoms with Gasteiger partial charge in [-0.05, 0) is 27.8 Å². The highest BCUT2D eigenvalue weighted by molar-refractivity contribution is 9.10. The van der Waals surface area contributed by atoms with Crippen LogP contribution in [0.3, 0.4) is 0 Å². The van der Waals surface area contributed by atoms with Crippen molar-refractivity contribution in [2.75, 3.05) is 18.5 Å². The lowest BCUT2D eigenvalue weighted by Gasteiger charge is -2.24. The number of nitro benzene ring substituents is 1. The second kappa shape index (κ2) is 6.29. The Morgan fingerprint density at radius 1 is 1.53 bits per heavy atom. The van der Waals surface area contributed by atoms with Gasteiger partial charge in [-0.3, -0.25) is 10.1 Å². The molecular formula is C12H16BrFN2O3. The molecule has 0 fully saturated rings. The molecule has 19 heavy (non-hydrogen) atoms. The Bertz CT molecular complexity index is 480. The fraction of sp³-hybridized carbons (Fsp3) is 0.500. The molecule has 0 aliphatic carbocycles. The van der Waals surface area contributed by atoms with E-state index in [-0.39, 0.29) is 27.9 Å². The van der Waals surface area contributed by atoms with Crippen LogP contribution >= 0.6 is 15.9 Å². The first kappa shape index (κ1) is 15.8. The molecule has 106 valence electrons. The summed E-state index contributed by atoms with van der Waals surface area (Å²) in [4.78, 5) is 10.4. The fourth-order valence-corrected chi connectivity index (χ4v) is 1.89. The van der Waals surface area contributed by atoms with E-state index in [9.17, 15) is 14.5 Å². The van der Waals surface area contributed by atoms with Crippen LogP contribution in [0.1, 0.15) is 20.3 Å². The van der Waals surface area contributed by atoms with Gasteiger partial charge in [0, 0.05) is 25.3 Å². The summed E-state index contributed by atoms with van der Waals surface area (Å²) >= 11 is 2.92. The maximum atomic E-state index is 13.4. The van der Waals surface area contributed by atoms with Gasteiger partial charge in [-0.25, -0.2) is 4.39 Å². The Morgan fingerprint density at radius 2 is 2.16 bits per heavy atom. The molecular weight excluding hydrogens is 319 g/mol. The van der Waals surface area contributed by atoms with Crippen molar-refractivity contribution >= 4 is 27.3 Å². The Labute approximate surface area is 119 Å². The van der Waals surface area contributed by atoms with Crippen LogP contribution in [-0.4, -0.2) is 23.2 Å². The molecule has 0 aliphatic rings. The van der Waals surface area contributed by atoms with E-state index in [2.05, 4.69) is 21.2 Å². The first-order valence-corrected chi connectivity index (χ1v) is 6.54. The van der Waals surface area contributed by atoms with Gasteiger partial charge in [0.15, 0.2) is 0 Å². The number of rotatable bonds is 6. The molecule has 0 amide bonds. The lowest BCUT2D eigenvalue weighted by molar-refractivity contribution is -0.384. The second-order valence-corrected chi connectivity index (χ2v) is 5.89. The van der Waals surface area contributed by atoms with Crippen molar-refractivity contribution in [2.45, 2.75) is 20.3 Å². The van der Waals surface area contributed by atoms with Gasteiger partial charge in [-0.1, -0.05) is 13.8 Å². The zero-order valence-corrected chi connectivity index (χ0v) is 12.3. The molecule has 2 N–H and O–H groups in total. The third kappa shape index (κ3) is 4.43. The van der Waals surface area contributed by atoms with Crippen molar-refractivity contribution in [1.82, 2.24) is 0 Å². The highest BCUT2D eigenvalue weighted by Crippen LogP contribution is 2.31. The average Bonchev–Trinajstić information content (AvgIpc) is 2.30. The molecule has 0 unspecified atom stereocenters. The maximum Gasteiger partial charge on any atom is 0.293 e. The average molecular weight is 335 g/mol. The molecule has 5 nitrogen and oxygen atoms in total. The molecule has 0 atom stereocenters. The Hall–Kier alpha value is -1.21. The summed E-state index contributed by atoms with van der Waals surface area (Å²) in [6, 6.07) is 2.23. The number of benzene rings is 1. The normalized spacial score (nSPS) is 11.4. The van der Waals surface area contributed by atoms with Crippen molar-refractivity contribution < 1.29 is 14.4 Å². The SMILES string of the molecule is CC(C)(CCO)CNc1cc(F)c(Br)cc1[N+](=O)[O-]. The van der Waals surface area contributed by atoms with Gasteiger partial charge >= 0.3 is 0 Å². The molecule has 0 spiro atoms. The van der Waals surface area contributed by atoms with Crippen LogP contribution in [0.2, 0.25) is 0 Å². The number of anilines is 1. The molecule has 0 aliphatic heterocycles. The Morgan fingerprint density at radius 3 is 2.68 bits per heavy atom. The quantitative estimate of drug-likeness (QED) is 0.618. The van der Waals surface area contributed by atoms with Crippen molar-refractivity contribution in [3.63, 3.8) is 0 Å². The summed E-state index contributed by atoms with van der Waals surface area (Å²) in [5, 5.41) is 22.7. The second-order valence-electron chi connectivity index (χ2n) is 5.03. The van der Waals surface area contributed by atoms with Crippen LogP contribution in [0.15, 0.2) is 16.6 Å². The number of aliphatic hydroxyl groups is 1. The van der Waals surface area contributed by atoms with Crippen LogP contribution in [0.25, 0.3) is 0 Å². The summed E-state index contributed by atoms with van der Waals surface area (Å²) < 4.78 is 13.5. The van der Waals surface area contributed by atoms with E-state index in [1.54, 1.807) is 0 Å². The van der Waals surface area contributed by atoms with Crippen molar-refractivity contribution in [3.8, 4) is 0 Å². The molecule has 0 saturated heterocycles. The fourth-order valence-electron chi connectivity index (χ4n) is 1.55. The highest BCUT2D eigenvalue weighted by atomic mass is 79.9.